The lowest BCUT2D eigenvalue weighted by molar-refractivity contribution is 0.357. The molecule has 100 valence electrons. The van der Waals surface area contributed by atoms with Crippen molar-refractivity contribution in [3.63, 3.8) is 0 Å². The zero-order valence-corrected chi connectivity index (χ0v) is 11.2. The van der Waals surface area contributed by atoms with Gasteiger partial charge >= 0.3 is 0 Å². The first-order valence-corrected chi connectivity index (χ1v) is 8.49. The number of aryl methyl sites for hydroxylation is 1. The maximum atomic E-state index is 11.4. The molecule has 1 atom stereocenters. The highest BCUT2D eigenvalue weighted by Gasteiger charge is 2.28. The van der Waals surface area contributed by atoms with Crippen molar-refractivity contribution in [2.24, 2.45) is 0 Å². The summed E-state index contributed by atoms with van der Waals surface area (Å²) in [6, 6.07) is 2.73. The van der Waals surface area contributed by atoms with E-state index in [0.717, 1.165) is 37.9 Å². The van der Waals surface area contributed by atoms with Crippen molar-refractivity contribution in [1.29, 1.82) is 0 Å². The fourth-order valence-corrected chi connectivity index (χ4v) is 4.49. The minimum absolute atomic E-state index is 0.329. The minimum Gasteiger partial charge on any atom is -0.469 e. The summed E-state index contributed by atoms with van der Waals surface area (Å²) in [6.45, 7) is 0. The van der Waals surface area contributed by atoms with E-state index >= 15 is 0 Å². The van der Waals surface area contributed by atoms with Gasteiger partial charge in [0.25, 0.3) is 0 Å². The summed E-state index contributed by atoms with van der Waals surface area (Å²) in [4.78, 5) is 0. The van der Waals surface area contributed by atoms with Gasteiger partial charge in [0.15, 0.2) is 0 Å². The Morgan fingerprint density at radius 2 is 2.00 bits per heavy atom. The van der Waals surface area contributed by atoms with E-state index in [2.05, 4.69) is 5.32 Å². The quantitative estimate of drug-likeness (QED) is 0.889. The van der Waals surface area contributed by atoms with Crippen molar-refractivity contribution in [3.8, 4) is 0 Å². The Morgan fingerprint density at radius 3 is 2.78 bits per heavy atom. The van der Waals surface area contributed by atoms with Crippen LogP contribution in [-0.2, 0) is 16.3 Å². The van der Waals surface area contributed by atoms with Crippen LogP contribution in [0.3, 0.4) is 0 Å². The van der Waals surface area contributed by atoms with E-state index in [0.29, 0.717) is 23.6 Å². The largest absolute Gasteiger partial charge is 0.469 e. The summed E-state index contributed by atoms with van der Waals surface area (Å²) in [5.41, 5.74) is 1.27. The molecular formula is C13H19NO3S. The zero-order valence-electron chi connectivity index (χ0n) is 10.4. The number of fused-ring (bicyclic) bond motifs is 1. The molecular weight excluding hydrogens is 250 g/mol. The van der Waals surface area contributed by atoms with Crippen molar-refractivity contribution < 1.29 is 12.8 Å². The van der Waals surface area contributed by atoms with Crippen LogP contribution in [0.15, 0.2) is 16.7 Å². The van der Waals surface area contributed by atoms with Gasteiger partial charge in [-0.3, -0.25) is 0 Å². The Bertz CT molecular complexity index is 506. The van der Waals surface area contributed by atoms with Gasteiger partial charge in [-0.05, 0) is 31.7 Å². The third kappa shape index (κ3) is 2.47. The van der Waals surface area contributed by atoms with E-state index in [1.807, 2.05) is 6.07 Å². The summed E-state index contributed by atoms with van der Waals surface area (Å²) >= 11 is 0. The summed E-state index contributed by atoms with van der Waals surface area (Å²) < 4.78 is 28.3. The highest BCUT2D eigenvalue weighted by atomic mass is 32.2. The molecule has 0 radical (unpaired) electrons. The average Bonchev–Trinajstić information content (AvgIpc) is 2.81. The van der Waals surface area contributed by atoms with Crippen molar-refractivity contribution in [2.75, 3.05) is 11.5 Å². The lowest BCUT2D eigenvalue weighted by atomic mass is 9.92. The number of nitrogens with one attached hydrogen (secondary N) is 1. The third-order valence-electron chi connectivity index (χ3n) is 4.04. The van der Waals surface area contributed by atoms with Gasteiger partial charge in [-0.1, -0.05) is 0 Å². The number of hydrogen-bond acceptors (Lipinski definition) is 4. The zero-order chi connectivity index (χ0) is 12.6. The second-order valence-corrected chi connectivity index (χ2v) is 7.64. The Kier molecular flexibility index (Phi) is 3.20. The van der Waals surface area contributed by atoms with E-state index in [4.69, 9.17) is 4.42 Å². The molecule has 0 bridgehead atoms. The summed E-state index contributed by atoms with van der Waals surface area (Å²) in [7, 11) is -2.76. The van der Waals surface area contributed by atoms with Crippen LogP contribution in [0.4, 0.5) is 0 Å². The second kappa shape index (κ2) is 4.70. The highest BCUT2D eigenvalue weighted by Crippen LogP contribution is 2.31. The molecule has 1 aromatic heterocycles. The SMILES string of the molecule is O=S1(=O)CCC(NC2CCCc3occc32)CC1. The lowest BCUT2D eigenvalue weighted by Gasteiger charge is -2.30. The minimum atomic E-state index is -2.76. The predicted molar refractivity (Wildman–Crippen MR) is 69.2 cm³/mol. The average molecular weight is 269 g/mol. The van der Waals surface area contributed by atoms with E-state index < -0.39 is 9.84 Å². The van der Waals surface area contributed by atoms with Crippen LogP contribution in [0, 0.1) is 0 Å². The molecule has 1 unspecified atom stereocenters. The Hall–Kier alpha value is -0.810. The maximum absolute atomic E-state index is 11.4. The Morgan fingerprint density at radius 1 is 1.22 bits per heavy atom. The molecule has 1 aliphatic carbocycles. The lowest BCUT2D eigenvalue weighted by Crippen LogP contribution is -2.40. The molecule has 0 amide bonds. The van der Waals surface area contributed by atoms with Gasteiger partial charge in [0, 0.05) is 24.1 Å². The van der Waals surface area contributed by atoms with Crippen LogP contribution in [0.1, 0.15) is 43.0 Å². The van der Waals surface area contributed by atoms with E-state index in [-0.39, 0.29) is 0 Å². The molecule has 1 fully saturated rings. The van der Waals surface area contributed by atoms with Gasteiger partial charge in [0.05, 0.1) is 17.8 Å². The topological polar surface area (TPSA) is 59.3 Å². The van der Waals surface area contributed by atoms with Crippen molar-refractivity contribution >= 4 is 9.84 Å². The first kappa shape index (κ1) is 12.2. The molecule has 1 N–H and O–H groups in total. The second-order valence-electron chi connectivity index (χ2n) is 5.34. The molecule has 1 aromatic rings. The fraction of sp³-hybridized carbons (Fsp3) is 0.692. The maximum Gasteiger partial charge on any atom is 0.150 e. The molecule has 0 saturated carbocycles. The van der Waals surface area contributed by atoms with Gasteiger partial charge < -0.3 is 9.73 Å². The highest BCUT2D eigenvalue weighted by molar-refractivity contribution is 7.91. The number of hydrogen-bond donors (Lipinski definition) is 1. The smallest absolute Gasteiger partial charge is 0.150 e. The van der Waals surface area contributed by atoms with E-state index in [1.165, 1.54) is 5.56 Å². The predicted octanol–water partition coefficient (Wildman–Crippen LogP) is 1.82. The van der Waals surface area contributed by atoms with Crippen LogP contribution in [-0.4, -0.2) is 26.0 Å². The molecule has 2 heterocycles. The molecule has 4 nitrogen and oxygen atoms in total. The number of sulfone groups is 1. The molecule has 2 aliphatic rings. The van der Waals surface area contributed by atoms with Crippen molar-refractivity contribution in [1.82, 2.24) is 5.32 Å². The van der Waals surface area contributed by atoms with Crippen LogP contribution in [0.25, 0.3) is 0 Å². The fourth-order valence-electron chi connectivity index (χ4n) is 3.00. The van der Waals surface area contributed by atoms with Gasteiger partial charge in [0.1, 0.15) is 15.6 Å². The normalized spacial score (nSPS) is 27.9. The Balaban J connectivity index is 1.65. The van der Waals surface area contributed by atoms with Crippen LogP contribution in [0.2, 0.25) is 0 Å². The number of furan rings is 1. The summed E-state index contributed by atoms with van der Waals surface area (Å²) in [5.74, 6) is 1.76. The van der Waals surface area contributed by atoms with Gasteiger partial charge in [0.2, 0.25) is 0 Å². The molecule has 0 aromatic carbocycles. The molecule has 5 heteroatoms. The standard InChI is InChI=1S/C13H19NO3S/c15-18(16)8-5-10(6-9-18)14-12-2-1-3-13-11(12)4-7-17-13/h4,7,10,12,14H,1-3,5-6,8-9H2. The molecule has 1 saturated heterocycles. The molecule has 1 aliphatic heterocycles. The molecule has 0 spiro atoms. The van der Waals surface area contributed by atoms with Gasteiger partial charge in [-0.25, -0.2) is 8.42 Å². The van der Waals surface area contributed by atoms with Crippen molar-refractivity contribution in [2.45, 2.75) is 44.2 Å². The molecule has 3 rings (SSSR count). The van der Waals surface area contributed by atoms with Gasteiger partial charge in [-0.15, -0.1) is 0 Å². The van der Waals surface area contributed by atoms with Crippen LogP contribution < -0.4 is 5.32 Å². The van der Waals surface area contributed by atoms with Crippen LogP contribution in [0.5, 0.6) is 0 Å². The Labute approximate surface area is 108 Å². The van der Waals surface area contributed by atoms with E-state index in [1.54, 1.807) is 6.26 Å². The number of rotatable bonds is 2. The molecule has 18 heavy (non-hydrogen) atoms. The third-order valence-corrected chi connectivity index (χ3v) is 5.76. The summed E-state index contributed by atoms with van der Waals surface area (Å²) in [5, 5.41) is 3.61. The first-order valence-electron chi connectivity index (χ1n) is 6.67. The first-order chi connectivity index (χ1) is 8.64. The van der Waals surface area contributed by atoms with Crippen molar-refractivity contribution in [3.05, 3.63) is 23.7 Å². The van der Waals surface area contributed by atoms with Gasteiger partial charge in [-0.2, -0.15) is 0 Å². The monoisotopic (exact) mass is 269 g/mol. The van der Waals surface area contributed by atoms with E-state index in [9.17, 15) is 8.42 Å². The summed E-state index contributed by atoms with van der Waals surface area (Å²) in [6.07, 6.45) is 6.53. The van der Waals surface area contributed by atoms with Crippen LogP contribution >= 0.6 is 0 Å².